The lowest BCUT2D eigenvalue weighted by Gasteiger charge is -2.54. The second-order valence-electron chi connectivity index (χ2n) is 9.13. The lowest BCUT2D eigenvalue weighted by Crippen LogP contribution is -2.57. The van der Waals surface area contributed by atoms with E-state index in [0.29, 0.717) is 37.9 Å². The van der Waals surface area contributed by atoms with Gasteiger partial charge in [0.15, 0.2) is 0 Å². The number of amides is 2. The molecule has 9 heteroatoms. The van der Waals surface area contributed by atoms with Gasteiger partial charge in [-0.1, -0.05) is 77.8 Å². The van der Waals surface area contributed by atoms with Crippen LogP contribution in [0.5, 0.6) is 0 Å². The number of imide groups is 1. The Labute approximate surface area is 226 Å². The Morgan fingerprint density at radius 2 is 1.28 bits per heavy atom. The van der Waals surface area contributed by atoms with Gasteiger partial charge < -0.3 is 4.74 Å². The van der Waals surface area contributed by atoms with Gasteiger partial charge in [-0.25, -0.2) is 0 Å². The highest BCUT2D eigenvalue weighted by Crippen LogP contribution is 2.69. The molecule has 0 saturated carbocycles. The van der Waals surface area contributed by atoms with Crippen LogP contribution >= 0.6 is 46.4 Å². The van der Waals surface area contributed by atoms with Crippen molar-refractivity contribution in [1.82, 2.24) is 4.90 Å². The first-order valence-corrected chi connectivity index (χ1v) is 12.7. The average Bonchev–Trinajstić information content (AvgIpc) is 3.12. The number of carbonyl (C=O) groups excluding carboxylic acids is 3. The van der Waals surface area contributed by atoms with Crippen molar-refractivity contribution in [2.75, 3.05) is 6.54 Å². The number of halogens is 4. The minimum absolute atomic E-state index is 0.131. The molecule has 36 heavy (non-hydrogen) atoms. The summed E-state index contributed by atoms with van der Waals surface area (Å²) < 4.78 is 5.33. The Balaban J connectivity index is 1.34. The normalized spacial score (nSPS) is 27.5. The molecule has 5 nitrogen and oxygen atoms in total. The summed E-state index contributed by atoms with van der Waals surface area (Å²) in [4.78, 5) is 38.5. The predicted molar refractivity (Wildman–Crippen MR) is 136 cm³/mol. The van der Waals surface area contributed by atoms with E-state index in [0.717, 1.165) is 4.90 Å². The van der Waals surface area contributed by atoms with Gasteiger partial charge in [-0.3, -0.25) is 19.3 Å². The molecule has 0 N–H and O–H groups in total. The van der Waals surface area contributed by atoms with Crippen LogP contribution < -0.4 is 0 Å². The maximum Gasteiger partial charge on any atom is 0.326 e. The number of carbonyl (C=O) groups is 3. The SMILES string of the molecule is O=C(CN1C(=O)[C@@H]2[C@@H](C1=O)C1(Cl)c3ccccc3C2(Cl)c2ccccc21)OCc1ccc(Cl)cc1Cl. The highest BCUT2D eigenvalue weighted by atomic mass is 35.5. The molecule has 1 heterocycles. The zero-order valence-corrected chi connectivity index (χ0v) is 21.5. The molecule has 2 atom stereocenters. The minimum atomic E-state index is -1.29. The van der Waals surface area contributed by atoms with E-state index in [2.05, 4.69) is 0 Å². The summed E-state index contributed by atoms with van der Waals surface area (Å²) >= 11 is 26.8. The molecule has 1 saturated heterocycles. The van der Waals surface area contributed by atoms with Crippen molar-refractivity contribution in [2.24, 2.45) is 11.8 Å². The standard InChI is InChI=1S/C27H17Cl4NO4/c28-15-10-9-14(20(29)11-15)13-36-21(33)12-32-24(34)22-23(25(32)35)27(31)17-6-2-1-5-16(17)26(22,30)18-7-3-4-8-19(18)27/h1-11,22-23H,12-13H2/t22-,23-,26?,27?/m0/s1. The topological polar surface area (TPSA) is 63.7 Å². The second kappa shape index (κ2) is 8.22. The molecule has 3 aliphatic carbocycles. The van der Waals surface area contributed by atoms with Gasteiger partial charge in [0.05, 0.1) is 11.8 Å². The van der Waals surface area contributed by atoms with Crippen molar-refractivity contribution in [3.8, 4) is 0 Å². The number of likely N-dealkylation sites (tertiary alicyclic amines) is 1. The smallest absolute Gasteiger partial charge is 0.326 e. The Kier molecular flexibility index (Phi) is 5.44. The summed E-state index contributed by atoms with van der Waals surface area (Å²) in [6.45, 7) is -0.684. The number of alkyl halides is 2. The Morgan fingerprint density at radius 3 is 1.72 bits per heavy atom. The van der Waals surface area contributed by atoms with E-state index in [-0.39, 0.29) is 6.61 Å². The van der Waals surface area contributed by atoms with E-state index in [9.17, 15) is 14.4 Å². The highest BCUT2D eigenvalue weighted by molar-refractivity contribution is 6.36. The number of hydrogen-bond acceptors (Lipinski definition) is 4. The first-order valence-electron chi connectivity index (χ1n) is 11.2. The second-order valence-corrected chi connectivity index (χ2v) is 11.2. The van der Waals surface area contributed by atoms with Crippen molar-refractivity contribution >= 4 is 64.2 Å². The maximum atomic E-state index is 13.7. The van der Waals surface area contributed by atoms with Crippen molar-refractivity contribution in [2.45, 2.75) is 16.4 Å². The molecular formula is C27H17Cl4NO4. The van der Waals surface area contributed by atoms with Crippen LogP contribution in [0, 0.1) is 11.8 Å². The van der Waals surface area contributed by atoms with Gasteiger partial charge in [0.25, 0.3) is 0 Å². The molecule has 0 aromatic heterocycles. The van der Waals surface area contributed by atoms with Crippen LogP contribution in [-0.4, -0.2) is 29.2 Å². The van der Waals surface area contributed by atoms with E-state index >= 15 is 0 Å². The molecule has 1 aliphatic heterocycles. The molecule has 0 radical (unpaired) electrons. The summed E-state index contributed by atoms with van der Waals surface area (Å²) in [6, 6.07) is 19.5. The predicted octanol–water partition coefficient (Wildman–Crippen LogP) is 5.63. The zero-order chi connectivity index (χ0) is 25.4. The van der Waals surface area contributed by atoms with Gasteiger partial charge in [0.1, 0.15) is 22.9 Å². The van der Waals surface area contributed by atoms with Crippen LogP contribution in [0.3, 0.4) is 0 Å². The quantitative estimate of drug-likeness (QED) is 0.236. The molecule has 3 aromatic carbocycles. The number of rotatable bonds is 4. The number of benzene rings is 3. The molecule has 2 bridgehead atoms. The van der Waals surface area contributed by atoms with Crippen LogP contribution in [0.4, 0.5) is 0 Å². The third-order valence-corrected chi connectivity index (χ3v) is 9.24. The Hall–Kier alpha value is -2.57. The van der Waals surface area contributed by atoms with Gasteiger partial charge in [-0.05, 0) is 34.4 Å². The number of ether oxygens (including phenoxy) is 1. The largest absolute Gasteiger partial charge is 0.459 e. The van der Waals surface area contributed by atoms with Crippen molar-refractivity contribution in [3.63, 3.8) is 0 Å². The Morgan fingerprint density at radius 1 is 0.806 bits per heavy atom. The van der Waals surface area contributed by atoms with Crippen molar-refractivity contribution < 1.29 is 19.1 Å². The molecule has 0 unspecified atom stereocenters. The van der Waals surface area contributed by atoms with Gasteiger partial charge >= 0.3 is 5.97 Å². The molecule has 0 spiro atoms. The maximum absolute atomic E-state index is 13.7. The lowest BCUT2D eigenvalue weighted by atomic mass is 9.54. The van der Waals surface area contributed by atoms with E-state index < -0.39 is 45.9 Å². The van der Waals surface area contributed by atoms with Crippen LogP contribution in [-0.2, 0) is 35.5 Å². The van der Waals surface area contributed by atoms with Crippen molar-refractivity contribution in [1.29, 1.82) is 0 Å². The summed E-state index contributed by atoms with van der Waals surface area (Å²) in [6.07, 6.45) is 0. The first kappa shape index (κ1) is 23.8. The van der Waals surface area contributed by atoms with E-state index in [4.69, 9.17) is 51.1 Å². The van der Waals surface area contributed by atoms with Crippen LogP contribution in [0.25, 0.3) is 0 Å². The average molecular weight is 561 g/mol. The molecule has 1 fully saturated rings. The van der Waals surface area contributed by atoms with Gasteiger partial charge in [-0.15, -0.1) is 23.2 Å². The third kappa shape index (κ3) is 3.07. The monoisotopic (exact) mass is 559 g/mol. The van der Waals surface area contributed by atoms with Gasteiger partial charge in [-0.2, -0.15) is 0 Å². The van der Waals surface area contributed by atoms with E-state index in [1.807, 2.05) is 48.5 Å². The fourth-order valence-electron chi connectivity index (χ4n) is 5.85. The summed E-state index contributed by atoms with van der Waals surface area (Å²) in [5.74, 6) is -3.78. The van der Waals surface area contributed by atoms with Crippen LogP contribution in [0.1, 0.15) is 27.8 Å². The number of hydrogen-bond donors (Lipinski definition) is 0. The first-order chi connectivity index (χ1) is 17.2. The van der Waals surface area contributed by atoms with Gasteiger partial charge in [0, 0.05) is 15.6 Å². The summed E-state index contributed by atoms with van der Waals surface area (Å²) in [5, 5.41) is 0.794. The molecule has 4 aliphatic rings. The van der Waals surface area contributed by atoms with Gasteiger partial charge in [0.2, 0.25) is 11.8 Å². The highest BCUT2D eigenvalue weighted by Gasteiger charge is 2.73. The summed E-state index contributed by atoms with van der Waals surface area (Å²) in [7, 11) is 0. The van der Waals surface area contributed by atoms with Crippen LogP contribution in [0.15, 0.2) is 66.7 Å². The Bertz CT molecular complexity index is 1350. The molecule has 3 aromatic rings. The van der Waals surface area contributed by atoms with E-state index in [1.165, 1.54) is 6.07 Å². The summed E-state index contributed by atoms with van der Waals surface area (Å²) in [5.41, 5.74) is 3.34. The van der Waals surface area contributed by atoms with Crippen molar-refractivity contribution in [3.05, 3.63) is 105 Å². The van der Waals surface area contributed by atoms with E-state index in [1.54, 1.807) is 12.1 Å². The fraction of sp³-hybridized carbons (Fsp3) is 0.222. The molecular weight excluding hydrogens is 544 g/mol. The molecule has 7 rings (SSSR count). The molecule has 182 valence electrons. The van der Waals surface area contributed by atoms with Crippen LogP contribution in [0.2, 0.25) is 10.0 Å². The fourth-order valence-corrected chi connectivity index (χ4v) is 7.41. The number of esters is 1. The minimum Gasteiger partial charge on any atom is -0.459 e. The lowest BCUT2D eigenvalue weighted by molar-refractivity contribution is -0.153. The zero-order valence-electron chi connectivity index (χ0n) is 18.5. The third-order valence-electron chi connectivity index (χ3n) is 7.37. The number of nitrogens with zero attached hydrogens (tertiary/aromatic N) is 1. The molecule has 2 amide bonds.